The van der Waals surface area contributed by atoms with E-state index in [2.05, 4.69) is 0 Å². The van der Waals surface area contributed by atoms with Gasteiger partial charge in [0.25, 0.3) is 0 Å². The number of aromatic hydroxyl groups is 1. The Morgan fingerprint density at radius 1 is 1.11 bits per heavy atom. The number of ether oxygens (including phenoxy) is 1. The Kier molecular flexibility index (Phi) is 4.63. The van der Waals surface area contributed by atoms with Crippen molar-refractivity contribution in [2.45, 2.75) is 31.6 Å². The van der Waals surface area contributed by atoms with E-state index in [1.807, 2.05) is 0 Å². The second-order valence-electron chi connectivity index (χ2n) is 7.03. The number of phenols is 1. The molecule has 1 heterocycles. The largest absolute Gasteiger partial charge is 0.504 e. The summed E-state index contributed by atoms with van der Waals surface area (Å²) in [5.74, 6) is -0.575. The van der Waals surface area contributed by atoms with Crippen molar-refractivity contribution in [3.05, 3.63) is 65.1 Å². The predicted octanol–water partition coefficient (Wildman–Crippen LogP) is 4.07. The number of methoxy groups -OCH3 is 1. The van der Waals surface area contributed by atoms with Gasteiger partial charge in [-0.15, -0.1) is 0 Å². The molecule has 2 aromatic carbocycles. The molecule has 0 saturated carbocycles. The first-order chi connectivity index (χ1) is 13.5. The summed E-state index contributed by atoms with van der Waals surface area (Å²) in [7, 11) is 1.46. The van der Waals surface area contributed by atoms with Crippen LogP contribution in [0.1, 0.15) is 37.2 Å². The standard InChI is InChI=1S/C22H20FNO4/c1-28-20-11-13(5-10-18(20)25)16-12-21(27)24(15-8-6-14(23)7-9-15)17-3-2-4-19(26)22(16)17/h5-11,16,25H,2-4,12H2,1H3. The summed E-state index contributed by atoms with van der Waals surface area (Å²) in [5, 5.41) is 9.87. The van der Waals surface area contributed by atoms with Crippen molar-refractivity contribution in [3.8, 4) is 11.5 Å². The summed E-state index contributed by atoms with van der Waals surface area (Å²) in [6, 6.07) is 10.6. The molecule has 1 aliphatic carbocycles. The third kappa shape index (κ3) is 3.05. The number of allylic oxidation sites excluding steroid dienone is 2. The molecule has 2 aliphatic rings. The molecule has 1 amide bonds. The van der Waals surface area contributed by atoms with E-state index in [-0.39, 0.29) is 35.6 Å². The number of phenolic OH excluding ortho intramolecular Hbond substituents is 1. The fourth-order valence-corrected chi connectivity index (χ4v) is 4.08. The predicted molar refractivity (Wildman–Crippen MR) is 102 cm³/mol. The number of nitrogens with zero attached hydrogens (tertiary/aromatic N) is 1. The molecular weight excluding hydrogens is 361 g/mol. The molecule has 144 valence electrons. The molecule has 0 spiro atoms. The lowest BCUT2D eigenvalue weighted by Crippen LogP contribution is -2.40. The highest BCUT2D eigenvalue weighted by Gasteiger charge is 2.39. The van der Waals surface area contributed by atoms with Crippen LogP contribution in [0.15, 0.2) is 53.7 Å². The van der Waals surface area contributed by atoms with E-state index in [9.17, 15) is 19.1 Å². The van der Waals surface area contributed by atoms with Gasteiger partial charge in [-0.1, -0.05) is 6.07 Å². The highest BCUT2D eigenvalue weighted by Crippen LogP contribution is 2.44. The van der Waals surface area contributed by atoms with Crippen molar-refractivity contribution >= 4 is 17.4 Å². The number of carbonyl (C=O) groups excluding carboxylic acids is 2. The minimum absolute atomic E-state index is 0.00509. The number of hydrogen-bond acceptors (Lipinski definition) is 4. The molecule has 28 heavy (non-hydrogen) atoms. The molecule has 1 unspecified atom stereocenters. The minimum atomic E-state index is -0.388. The Labute approximate surface area is 162 Å². The van der Waals surface area contributed by atoms with E-state index in [4.69, 9.17) is 4.74 Å². The number of rotatable bonds is 3. The van der Waals surface area contributed by atoms with Crippen molar-refractivity contribution in [3.63, 3.8) is 0 Å². The molecule has 1 aliphatic heterocycles. The number of Topliss-reactive ketones (excluding diaryl/α,β-unsaturated/α-hetero) is 1. The van der Waals surface area contributed by atoms with E-state index in [1.54, 1.807) is 29.2 Å². The maximum atomic E-state index is 13.3. The molecule has 6 heteroatoms. The van der Waals surface area contributed by atoms with Gasteiger partial charge in [0, 0.05) is 35.7 Å². The lowest BCUT2D eigenvalue weighted by Gasteiger charge is -2.38. The van der Waals surface area contributed by atoms with Crippen LogP contribution in [0.3, 0.4) is 0 Å². The monoisotopic (exact) mass is 381 g/mol. The lowest BCUT2D eigenvalue weighted by molar-refractivity contribution is -0.119. The van der Waals surface area contributed by atoms with Crippen molar-refractivity contribution in [1.82, 2.24) is 0 Å². The quantitative estimate of drug-likeness (QED) is 0.870. The molecule has 5 nitrogen and oxygen atoms in total. The molecule has 2 aromatic rings. The van der Waals surface area contributed by atoms with Crippen molar-refractivity contribution in [1.29, 1.82) is 0 Å². The van der Waals surface area contributed by atoms with Gasteiger partial charge in [-0.3, -0.25) is 14.5 Å². The molecule has 4 rings (SSSR count). The number of hydrogen-bond donors (Lipinski definition) is 1. The Hall–Kier alpha value is -3.15. The maximum Gasteiger partial charge on any atom is 0.232 e. The first-order valence-electron chi connectivity index (χ1n) is 9.21. The Morgan fingerprint density at radius 3 is 2.57 bits per heavy atom. The molecule has 0 saturated heterocycles. The first-order valence-corrected chi connectivity index (χ1v) is 9.21. The molecule has 0 fully saturated rings. The van der Waals surface area contributed by atoms with Gasteiger partial charge in [0.1, 0.15) is 5.82 Å². The second kappa shape index (κ2) is 7.11. The normalized spacial score (nSPS) is 19.6. The third-order valence-corrected chi connectivity index (χ3v) is 5.37. The van der Waals surface area contributed by atoms with Gasteiger partial charge < -0.3 is 9.84 Å². The first kappa shape index (κ1) is 18.2. The van der Waals surface area contributed by atoms with Gasteiger partial charge >= 0.3 is 0 Å². The number of halogens is 1. The number of ketones is 1. The summed E-state index contributed by atoms with van der Waals surface area (Å²) in [5.41, 5.74) is 2.64. The van der Waals surface area contributed by atoms with Crippen LogP contribution in [-0.4, -0.2) is 23.9 Å². The number of amides is 1. The SMILES string of the molecule is COc1cc(C2CC(=O)N(c3ccc(F)cc3)C3=C2C(=O)CCC3)ccc1O. The minimum Gasteiger partial charge on any atom is -0.504 e. The molecular formula is C22H20FNO4. The van der Waals surface area contributed by atoms with Gasteiger partial charge in [0.05, 0.1) is 7.11 Å². The van der Waals surface area contributed by atoms with Crippen molar-refractivity contribution < 1.29 is 23.8 Å². The van der Waals surface area contributed by atoms with Crippen LogP contribution in [0.4, 0.5) is 10.1 Å². The van der Waals surface area contributed by atoms with E-state index in [0.29, 0.717) is 42.0 Å². The van der Waals surface area contributed by atoms with Gasteiger partial charge in [-0.2, -0.15) is 0 Å². The summed E-state index contributed by atoms with van der Waals surface area (Å²) in [4.78, 5) is 27.4. The highest BCUT2D eigenvalue weighted by atomic mass is 19.1. The van der Waals surface area contributed by atoms with E-state index >= 15 is 0 Å². The smallest absolute Gasteiger partial charge is 0.232 e. The maximum absolute atomic E-state index is 13.3. The summed E-state index contributed by atoms with van der Waals surface area (Å²) in [6.45, 7) is 0. The van der Waals surface area contributed by atoms with Crippen LogP contribution < -0.4 is 9.64 Å². The summed E-state index contributed by atoms with van der Waals surface area (Å²) >= 11 is 0. The lowest BCUT2D eigenvalue weighted by atomic mass is 9.77. The van der Waals surface area contributed by atoms with E-state index in [0.717, 1.165) is 5.56 Å². The molecule has 1 atom stereocenters. The zero-order valence-corrected chi connectivity index (χ0v) is 15.4. The van der Waals surface area contributed by atoms with Crippen LogP contribution in [0.5, 0.6) is 11.5 Å². The van der Waals surface area contributed by atoms with Gasteiger partial charge in [-0.05, 0) is 54.8 Å². The van der Waals surface area contributed by atoms with E-state index < -0.39 is 0 Å². The average Bonchev–Trinajstić information content (AvgIpc) is 2.69. The van der Waals surface area contributed by atoms with Crippen molar-refractivity contribution in [2.24, 2.45) is 0 Å². The number of anilines is 1. The average molecular weight is 381 g/mol. The van der Waals surface area contributed by atoms with E-state index in [1.165, 1.54) is 25.3 Å². The van der Waals surface area contributed by atoms with Gasteiger partial charge in [-0.25, -0.2) is 4.39 Å². The summed E-state index contributed by atoms with van der Waals surface area (Å²) in [6.07, 6.45) is 1.84. The fourth-order valence-electron chi connectivity index (χ4n) is 4.08. The van der Waals surface area contributed by atoms with Crippen LogP contribution in [0, 0.1) is 5.82 Å². The molecule has 0 aromatic heterocycles. The van der Waals surface area contributed by atoms with Crippen molar-refractivity contribution in [2.75, 3.05) is 12.0 Å². The highest BCUT2D eigenvalue weighted by molar-refractivity contribution is 6.07. The molecule has 1 N–H and O–H groups in total. The fraction of sp³-hybridized carbons (Fsp3) is 0.273. The Balaban J connectivity index is 1.84. The third-order valence-electron chi connectivity index (χ3n) is 5.37. The summed E-state index contributed by atoms with van der Waals surface area (Å²) < 4.78 is 18.5. The Morgan fingerprint density at radius 2 is 1.86 bits per heavy atom. The number of benzene rings is 2. The molecule has 0 bridgehead atoms. The Bertz CT molecular complexity index is 981. The van der Waals surface area contributed by atoms with Crippen LogP contribution in [0.25, 0.3) is 0 Å². The second-order valence-corrected chi connectivity index (χ2v) is 7.03. The van der Waals surface area contributed by atoms with Crippen LogP contribution in [-0.2, 0) is 9.59 Å². The zero-order chi connectivity index (χ0) is 19.8. The van der Waals surface area contributed by atoms with Gasteiger partial charge in [0.15, 0.2) is 17.3 Å². The van der Waals surface area contributed by atoms with Gasteiger partial charge in [0.2, 0.25) is 5.91 Å². The number of carbonyl (C=O) groups is 2. The topological polar surface area (TPSA) is 66.8 Å². The zero-order valence-electron chi connectivity index (χ0n) is 15.4. The molecule has 0 radical (unpaired) electrons. The van der Waals surface area contributed by atoms with Crippen LogP contribution >= 0.6 is 0 Å². The van der Waals surface area contributed by atoms with Crippen LogP contribution in [0.2, 0.25) is 0 Å².